The molecule has 1 fully saturated rings. The van der Waals surface area contributed by atoms with Gasteiger partial charge < -0.3 is 10.4 Å². The Morgan fingerprint density at radius 3 is 2.39 bits per heavy atom. The normalized spacial score (nSPS) is 17.9. The SMILES string of the molecule is CC(C)(C(=O)NC1(CO)CCC1)c1ccccc1. The van der Waals surface area contributed by atoms with Crippen LogP contribution in [0.25, 0.3) is 0 Å². The highest BCUT2D eigenvalue weighted by molar-refractivity contribution is 5.88. The van der Waals surface area contributed by atoms with Gasteiger partial charge in [0, 0.05) is 0 Å². The molecule has 1 amide bonds. The molecule has 0 aliphatic heterocycles. The Morgan fingerprint density at radius 2 is 1.94 bits per heavy atom. The van der Waals surface area contributed by atoms with Crippen molar-refractivity contribution in [1.29, 1.82) is 0 Å². The van der Waals surface area contributed by atoms with Crippen LogP contribution in [0.4, 0.5) is 0 Å². The second-order valence-corrected chi connectivity index (χ2v) is 5.74. The Bertz CT molecular complexity index is 416. The fourth-order valence-corrected chi connectivity index (χ4v) is 2.31. The van der Waals surface area contributed by atoms with Gasteiger partial charge in [0.15, 0.2) is 0 Å². The fourth-order valence-electron chi connectivity index (χ4n) is 2.31. The number of hydrogen-bond donors (Lipinski definition) is 2. The topological polar surface area (TPSA) is 49.3 Å². The standard InChI is InChI=1S/C15H21NO2/c1-14(2,12-7-4-3-5-8-12)13(18)16-15(11-17)9-6-10-15/h3-5,7-8,17H,6,9-11H2,1-2H3,(H,16,18). The molecule has 0 bridgehead atoms. The highest BCUT2D eigenvalue weighted by Crippen LogP contribution is 2.33. The van der Waals surface area contributed by atoms with Crippen molar-refractivity contribution < 1.29 is 9.90 Å². The predicted octanol–water partition coefficient (Wildman–Crippen LogP) is 2.00. The molecule has 3 heteroatoms. The first-order valence-corrected chi connectivity index (χ1v) is 6.49. The van der Waals surface area contributed by atoms with Crippen LogP contribution in [0, 0.1) is 0 Å². The van der Waals surface area contributed by atoms with E-state index in [-0.39, 0.29) is 18.1 Å². The van der Waals surface area contributed by atoms with Gasteiger partial charge in [-0.05, 0) is 38.7 Å². The van der Waals surface area contributed by atoms with E-state index in [4.69, 9.17) is 0 Å². The third kappa shape index (κ3) is 2.27. The zero-order chi connectivity index (χ0) is 13.2. The molecule has 3 nitrogen and oxygen atoms in total. The van der Waals surface area contributed by atoms with Gasteiger partial charge >= 0.3 is 0 Å². The van der Waals surface area contributed by atoms with Gasteiger partial charge in [0.05, 0.1) is 17.6 Å². The smallest absolute Gasteiger partial charge is 0.230 e. The number of hydrogen-bond acceptors (Lipinski definition) is 2. The average Bonchev–Trinajstić information content (AvgIpc) is 2.34. The van der Waals surface area contributed by atoms with Gasteiger partial charge in [0.2, 0.25) is 5.91 Å². The number of nitrogens with one attached hydrogen (secondary N) is 1. The van der Waals surface area contributed by atoms with E-state index in [1.807, 2.05) is 44.2 Å². The Morgan fingerprint density at radius 1 is 1.33 bits per heavy atom. The minimum Gasteiger partial charge on any atom is -0.394 e. The van der Waals surface area contributed by atoms with Crippen LogP contribution in [0.3, 0.4) is 0 Å². The lowest BCUT2D eigenvalue weighted by Crippen LogP contribution is -2.59. The summed E-state index contributed by atoms with van der Waals surface area (Å²) in [5.74, 6) is -0.0116. The van der Waals surface area contributed by atoms with Gasteiger partial charge in [-0.2, -0.15) is 0 Å². The monoisotopic (exact) mass is 247 g/mol. The van der Waals surface area contributed by atoms with Crippen LogP contribution in [0.5, 0.6) is 0 Å². The van der Waals surface area contributed by atoms with Gasteiger partial charge in [0.1, 0.15) is 0 Å². The maximum absolute atomic E-state index is 12.4. The first-order chi connectivity index (χ1) is 8.50. The average molecular weight is 247 g/mol. The summed E-state index contributed by atoms with van der Waals surface area (Å²) in [5.41, 5.74) is 0.0530. The zero-order valence-corrected chi connectivity index (χ0v) is 11.1. The Balaban J connectivity index is 2.13. The fraction of sp³-hybridized carbons (Fsp3) is 0.533. The molecule has 0 spiro atoms. The van der Waals surface area contributed by atoms with Crippen molar-refractivity contribution in [3.05, 3.63) is 35.9 Å². The third-order valence-corrected chi connectivity index (χ3v) is 4.06. The van der Waals surface area contributed by atoms with E-state index in [2.05, 4.69) is 5.32 Å². The lowest BCUT2D eigenvalue weighted by Gasteiger charge is -2.43. The molecule has 0 radical (unpaired) electrons. The van der Waals surface area contributed by atoms with Crippen LogP contribution < -0.4 is 5.32 Å². The number of carbonyl (C=O) groups excluding carboxylic acids is 1. The predicted molar refractivity (Wildman–Crippen MR) is 71.3 cm³/mol. The summed E-state index contributed by atoms with van der Waals surface area (Å²) in [4.78, 5) is 12.4. The van der Waals surface area contributed by atoms with Crippen molar-refractivity contribution in [2.75, 3.05) is 6.61 Å². The molecule has 2 N–H and O–H groups in total. The van der Waals surface area contributed by atoms with Crippen molar-refractivity contribution in [3.63, 3.8) is 0 Å². The van der Waals surface area contributed by atoms with Crippen LogP contribution in [-0.4, -0.2) is 23.2 Å². The molecule has 18 heavy (non-hydrogen) atoms. The van der Waals surface area contributed by atoms with Crippen LogP contribution in [0.15, 0.2) is 30.3 Å². The Kier molecular flexibility index (Phi) is 3.44. The second kappa shape index (κ2) is 4.73. The summed E-state index contributed by atoms with van der Waals surface area (Å²) in [7, 11) is 0. The highest BCUT2D eigenvalue weighted by atomic mass is 16.3. The van der Waals surface area contributed by atoms with Crippen LogP contribution in [0.2, 0.25) is 0 Å². The van der Waals surface area contributed by atoms with Gasteiger partial charge in [-0.25, -0.2) is 0 Å². The molecule has 0 unspecified atom stereocenters. The summed E-state index contributed by atoms with van der Waals surface area (Å²) in [5, 5.41) is 12.4. The van der Waals surface area contributed by atoms with Crippen molar-refractivity contribution in [2.24, 2.45) is 0 Å². The molecule has 1 aromatic carbocycles. The molecular formula is C15H21NO2. The van der Waals surface area contributed by atoms with E-state index in [0.29, 0.717) is 0 Å². The number of aliphatic hydroxyl groups is 1. The van der Waals surface area contributed by atoms with E-state index in [9.17, 15) is 9.90 Å². The minimum atomic E-state index is -0.570. The first kappa shape index (κ1) is 13.1. The van der Waals surface area contributed by atoms with E-state index in [1.54, 1.807) is 0 Å². The van der Waals surface area contributed by atoms with Gasteiger partial charge in [-0.3, -0.25) is 4.79 Å². The summed E-state index contributed by atoms with van der Waals surface area (Å²) in [6.45, 7) is 3.87. The van der Waals surface area contributed by atoms with E-state index < -0.39 is 5.41 Å². The first-order valence-electron chi connectivity index (χ1n) is 6.49. The Hall–Kier alpha value is -1.35. The van der Waals surface area contributed by atoms with E-state index >= 15 is 0 Å². The van der Waals surface area contributed by atoms with Crippen molar-refractivity contribution in [1.82, 2.24) is 5.32 Å². The summed E-state index contributed by atoms with van der Waals surface area (Å²) >= 11 is 0. The van der Waals surface area contributed by atoms with Crippen LogP contribution in [-0.2, 0) is 10.2 Å². The highest BCUT2D eigenvalue weighted by Gasteiger charge is 2.41. The molecular weight excluding hydrogens is 226 g/mol. The lowest BCUT2D eigenvalue weighted by molar-refractivity contribution is -0.129. The lowest BCUT2D eigenvalue weighted by atomic mass is 9.75. The van der Waals surface area contributed by atoms with Crippen LogP contribution in [0.1, 0.15) is 38.7 Å². The zero-order valence-electron chi connectivity index (χ0n) is 11.1. The number of carbonyl (C=O) groups is 1. The molecule has 2 rings (SSSR count). The molecule has 1 aliphatic rings. The third-order valence-electron chi connectivity index (χ3n) is 4.06. The van der Waals surface area contributed by atoms with E-state index in [1.165, 1.54) is 0 Å². The molecule has 98 valence electrons. The molecule has 1 aliphatic carbocycles. The van der Waals surface area contributed by atoms with Gasteiger partial charge in [-0.1, -0.05) is 30.3 Å². The molecule has 0 heterocycles. The number of rotatable bonds is 4. The maximum Gasteiger partial charge on any atom is 0.230 e. The van der Waals surface area contributed by atoms with Gasteiger partial charge in [0.25, 0.3) is 0 Å². The van der Waals surface area contributed by atoms with Crippen molar-refractivity contribution >= 4 is 5.91 Å². The summed E-state index contributed by atoms with van der Waals surface area (Å²) < 4.78 is 0. The largest absolute Gasteiger partial charge is 0.394 e. The molecule has 0 saturated heterocycles. The minimum absolute atomic E-state index is 0.0116. The molecule has 0 aromatic heterocycles. The quantitative estimate of drug-likeness (QED) is 0.855. The number of benzene rings is 1. The van der Waals surface area contributed by atoms with Crippen molar-refractivity contribution in [2.45, 2.75) is 44.1 Å². The van der Waals surface area contributed by atoms with Crippen LogP contribution >= 0.6 is 0 Å². The Labute approximate surface area is 108 Å². The molecule has 1 saturated carbocycles. The number of aliphatic hydroxyl groups excluding tert-OH is 1. The van der Waals surface area contributed by atoms with Gasteiger partial charge in [-0.15, -0.1) is 0 Å². The summed E-state index contributed by atoms with van der Waals surface area (Å²) in [6.07, 6.45) is 2.83. The summed E-state index contributed by atoms with van der Waals surface area (Å²) in [6, 6.07) is 9.75. The second-order valence-electron chi connectivity index (χ2n) is 5.74. The maximum atomic E-state index is 12.4. The molecule has 0 atom stereocenters. The number of amides is 1. The van der Waals surface area contributed by atoms with E-state index in [0.717, 1.165) is 24.8 Å². The van der Waals surface area contributed by atoms with Crippen molar-refractivity contribution in [3.8, 4) is 0 Å². The molecule has 1 aromatic rings.